The van der Waals surface area contributed by atoms with Crippen molar-refractivity contribution in [2.45, 2.75) is 66.3 Å². The van der Waals surface area contributed by atoms with E-state index in [9.17, 15) is 4.79 Å². The van der Waals surface area contributed by atoms with Gasteiger partial charge in [0.05, 0.1) is 0 Å². The molecule has 0 aliphatic rings. The molecule has 0 bridgehead atoms. The molecule has 0 fully saturated rings. The van der Waals surface area contributed by atoms with E-state index in [2.05, 4.69) is 43.1 Å². The molecule has 1 aromatic heterocycles. The van der Waals surface area contributed by atoms with Crippen molar-refractivity contribution in [3.63, 3.8) is 0 Å². The van der Waals surface area contributed by atoms with E-state index in [0.29, 0.717) is 12.2 Å². The summed E-state index contributed by atoms with van der Waals surface area (Å²) in [4.78, 5) is 14.9. The fourth-order valence-corrected chi connectivity index (χ4v) is 3.19. The van der Waals surface area contributed by atoms with Crippen molar-refractivity contribution in [2.24, 2.45) is 0 Å². The fourth-order valence-electron chi connectivity index (χ4n) is 3.19. The molecule has 0 saturated carbocycles. The highest BCUT2D eigenvalue weighted by Crippen LogP contribution is 2.23. The summed E-state index contributed by atoms with van der Waals surface area (Å²) in [6, 6.07) is 0. The molecule has 0 unspecified atom stereocenters. The smallest absolute Gasteiger partial charge is 0.273 e. The summed E-state index contributed by atoms with van der Waals surface area (Å²) in [6.45, 7) is 15.2. The van der Waals surface area contributed by atoms with Crippen molar-refractivity contribution in [3.05, 3.63) is 17.0 Å². The Morgan fingerprint density at radius 1 is 1.18 bits per heavy atom. The molecule has 126 valence electrons. The number of aryl methyl sites for hydroxylation is 1. The third-order valence-electron chi connectivity index (χ3n) is 4.89. The van der Waals surface area contributed by atoms with Crippen LogP contribution in [0.15, 0.2) is 4.52 Å². The fraction of sp³-hybridized carbons (Fsp3) is 0.765. The van der Waals surface area contributed by atoms with Crippen LogP contribution in [-0.2, 0) is 6.42 Å². The predicted molar refractivity (Wildman–Crippen MR) is 89.2 cm³/mol. The maximum Gasteiger partial charge on any atom is 0.273 e. The Morgan fingerprint density at radius 3 is 2.18 bits per heavy atom. The number of rotatable bonds is 9. The third kappa shape index (κ3) is 3.69. The first-order chi connectivity index (χ1) is 10.5. The van der Waals surface area contributed by atoms with Crippen molar-refractivity contribution in [3.8, 4) is 0 Å². The third-order valence-corrected chi connectivity index (χ3v) is 4.89. The lowest BCUT2D eigenvalue weighted by Gasteiger charge is -2.42. The van der Waals surface area contributed by atoms with Gasteiger partial charge in [-0.1, -0.05) is 39.8 Å². The molecule has 1 rings (SSSR count). The monoisotopic (exact) mass is 309 g/mol. The number of hydrogen-bond acceptors (Lipinski definition) is 4. The topological polar surface area (TPSA) is 58.4 Å². The van der Waals surface area contributed by atoms with Gasteiger partial charge in [-0.15, -0.1) is 0 Å². The average Bonchev–Trinajstić information content (AvgIpc) is 2.92. The van der Waals surface area contributed by atoms with Crippen LogP contribution in [0.5, 0.6) is 0 Å². The first-order valence-electron chi connectivity index (χ1n) is 8.47. The number of carbonyl (C=O) groups is 1. The zero-order valence-corrected chi connectivity index (χ0v) is 15.0. The van der Waals surface area contributed by atoms with Gasteiger partial charge in [0.15, 0.2) is 5.69 Å². The molecule has 22 heavy (non-hydrogen) atoms. The molecular weight excluding hydrogens is 278 g/mol. The van der Waals surface area contributed by atoms with Gasteiger partial charge < -0.3 is 9.84 Å². The second kappa shape index (κ2) is 8.32. The minimum absolute atomic E-state index is 0.00435. The van der Waals surface area contributed by atoms with Gasteiger partial charge in [-0.2, -0.15) is 0 Å². The van der Waals surface area contributed by atoms with Crippen molar-refractivity contribution < 1.29 is 9.32 Å². The van der Waals surface area contributed by atoms with E-state index < -0.39 is 0 Å². The maximum absolute atomic E-state index is 12.4. The van der Waals surface area contributed by atoms with Gasteiger partial charge in [0, 0.05) is 24.1 Å². The lowest BCUT2D eigenvalue weighted by molar-refractivity contribution is 0.0748. The molecule has 0 aliphatic carbocycles. The number of carbonyl (C=O) groups excluding carboxylic acids is 1. The molecule has 5 nitrogen and oxygen atoms in total. The van der Waals surface area contributed by atoms with Crippen LogP contribution in [0.1, 0.15) is 69.3 Å². The van der Waals surface area contributed by atoms with Gasteiger partial charge >= 0.3 is 0 Å². The summed E-state index contributed by atoms with van der Waals surface area (Å²) in [7, 11) is 0. The average molecular weight is 309 g/mol. The Hall–Kier alpha value is -1.36. The summed E-state index contributed by atoms with van der Waals surface area (Å²) in [5, 5.41) is 6.99. The Balaban J connectivity index is 2.84. The lowest BCUT2D eigenvalue weighted by atomic mass is 9.90. The zero-order chi connectivity index (χ0) is 16.8. The molecule has 0 saturated heterocycles. The second-order valence-electron chi connectivity index (χ2n) is 5.72. The normalized spacial score (nSPS) is 12.0. The number of amides is 1. The standard InChI is InChI=1S/C17H31N3O2/c1-7-14-13(6)15(19-22-14)16(21)18-12-17(8-2,9-3)20(10-4)11-5/h7-12H2,1-6H3,(H,18,21). The van der Waals surface area contributed by atoms with E-state index in [-0.39, 0.29) is 11.4 Å². The maximum atomic E-state index is 12.4. The molecule has 1 N–H and O–H groups in total. The molecule has 1 amide bonds. The van der Waals surface area contributed by atoms with Crippen LogP contribution in [0.3, 0.4) is 0 Å². The Labute approximate surface area is 134 Å². The Bertz CT molecular complexity index is 474. The highest BCUT2D eigenvalue weighted by atomic mass is 16.5. The zero-order valence-electron chi connectivity index (χ0n) is 15.0. The van der Waals surface area contributed by atoms with E-state index in [0.717, 1.165) is 43.7 Å². The van der Waals surface area contributed by atoms with Gasteiger partial charge in [0.1, 0.15) is 5.76 Å². The van der Waals surface area contributed by atoms with Crippen LogP contribution in [0.2, 0.25) is 0 Å². The Morgan fingerprint density at radius 2 is 1.77 bits per heavy atom. The van der Waals surface area contributed by atoms with E-state index >= 15 is 0 Å². The number of aromatic nitrogens is 1. The van der Waals surface area contributed by atoms with Crippen LogP contribution in [0, 0.1) is 6.92 Å². The van der Waals surface area contributed by atoms with Crippen LogP contribution in [-0.4, -0.2) is 41.1 Å². The summed E-state index contributed by atoms with van der Waals surface area (Å²) in [5.41, 5.74) is 1.27. The second-order valence-corrected chi connectivity index (χ2v) is 5.72. The Kier molecular flexibility index (Phi) is 7.07. The molecule has 0 spiro atoms. The molecular formula is C17H31N3O2. The summed E-state index contributed by atoms with van der Waals surface area (Å²) >= 11 is 0. The molecule has 1 heterocycles. The van der Waals surface area contributed by atoms with Gasteiger partial charge in [-0.3, -0.25) is 9.69 Å². The minimum atomic E-state index is -0.139. The van der Waals surface area contributed by atoms with Gasteiger partial charge in [-0.05, 0) is 32.9 Å². The minimum Gasteiger partial charge on any atom is -0.360 e. The SMILES string of the molecule is CCc1onc(C(=O)NCC(CC)(CC)N(CC)CC)c1C. The van der Waals surface area contributed by atoms with Crippen molar-refractivity contribution in [1.29, 1.82) is 0 Å². The van der Waals surface area contributed by atoms with Gasteiger partial charge in [0.25, 0.3) is 5.91 Å². The van der Waals surface area contributed by atoms with Crippen LogP contribution >= 0.6 is 0 Å². The number of likely N-dealkylation sites (N-methyl/N-ethyl adjacent to an activating group) is 1. The summed E-state index contributed by atoms with van der Waals surface area (Å²) in [5.74, 6) is 0.644. The van der Waals surface area contributed by atoms with Crippen LogP contribution in [0.4, 0.5) is 0 Å². The number of hydrogen-bond donors (Lipinski definition) is 1. The van der Waals surface area contributed by atoms with E-state index in [1.165, 1.54) is 0 Å². The van der Waals surface area contributed by atoms with Gasteiger partial charge in [0.2, 0.25) is 0 Å². The van der Waals surface area contributed by atoms with E-state index in [1.54, 1.807) is 0 Å². The molecule has 0 aromatic carbocycles. The molecule has 5 heteroatoms. The first-order valence-corrected chi connectivity index (χ1v) is 8.47. The highest BCUT2D eigenvalue weighted by Gasteiger charge is 2.32. The van der Waals surface area contributed by atoms with Crippen molar-refractivity contribution in [1.82, 2.24) is 15.4 Å². The highest BCUT2D eigenvalue weighted by molar-refractivity contribution is 5.93. The quantitative estimate of drug-likeness (QED) is 0.761. The van der Waals surface area contributed by atoms with E-state index in [4.69, 9.17) is 4.52 Å². The van der Waals surface area contributed by atoms with Crippen LogP contribution < -0.4 is 5.32 Å². The number of nitrogens with zero attached hydrogens (tertiary/aromatic N) is 2. The molecule has 0 atom stereocenters. The van der Waals surface area contributed by atoms with Gasteiger partial charge in [-0.25, -0.2) is 0 Å². The lowest BCUT2D eigenvalue weighted by Crippen LogP contribution is -2.55. The first kappa shape index (κ1) is 18.7. The van der Waals surface area contributed by atoms with Crippen molar-refractivity contribution in [2.75, 3.05) is 19.6 Å². The molecule has 0 aliphatic heterocycles. The number of nitrogens with one attached hydrogen (secondary N) is 1. The molecule has 0 radical (unpaired) electrons. The van der Waals surface area contributed by atoms with E-state index in [1.807, 2.05) is 13.8 Å². The molecule has 1 aromatic rings. The summed E-state index contributed by atoms with van der Waals surface area (Å²) < 4.78 is 5.22. The summed E-state index contributed by atoms with van der Waals surface area (Å²) in [6.07, 6.45) is 2.76. The van der Waals surface area contributed by atoms with Crippen LogP contribution in [0.25, 0.3) is 0 Å². The predicted octanol–water partition coefficient (Wildman–Crippen LogP) is 3.18. The van der Waals surface area contributed by atoms with Crippen molar-refractivity contribution >= 4 is 5.91 Å². The largest absolute Gasteiger partial charge is 0.360 e.